The molecule has 0 amide bonds. The Morgan fingerprint density at radius 2 is 1.07 bits per heavy atom. The summed E-state index contributed by atoms with van der Waals surface area (Å²) in [5.74, 6) is -0.838. The van der Waals surface area contributed by atoms with Crippen molar-refractivity contribution >= 4 is 11.9 Å². The Morgan fingerprint density at radius 3 is 1.65 bits per heavy atom. The Labute approximate surface area is 327 Å². The van der Waals surface area contributed by atoms with Gasteiger partial charge in [-0.3, -0.25) is 9.59 Å². The van der Waals surface area contributed by atoms with Gasteiger partial charge in [-0.2, -0.15) is 0 Å². The molecular weight excluding hydrogens is 688 g/mol. The third-order valence-electron chi connectivity index (χ3n) is 9.42. The first-order valence-electron chi connectivity index (χ1n) is 21.2. The standard InChI is InChI=1S/C44H76O10/c1-3-5-7-9-11-13-15-16-17-18-19-20-21-22-23-25-27-29-31-33-40(47)53-37(36-52-44-43(50)42(49)41(48)38(34-45)54-44)35-51-39(46)32-30-28-26-24-14-12-10-8-6-4-2/h8,10-11,13,16-17,19-20,37-38,41-45,48-50H,3-7,9,12,14-15,18,21-36H2,1-2H3/b10-8-,13-11-,17-16-,20-19-. The van der Waals surface area contributed by atoms with E-state index >= 15 is 0 Å². The first-order chi connectivity index (χ1) is 26.3. The van der Waals surface area contributed by atoms with Gasteiger partial charge in [0.1, 0.15) is 31.0 Å². The summed E-state index contributed by atoms with van der Waals surface area (Å²) in [5, 5.41) is 40.0. The molecule has 1 saturated heterocycles. The van der Waals surface area contributed by atoms with Crippen LogP contribution in [0.4, 0.5) is 0 Å². The van der Waals surface area contributed by atoms with Crippen molar-refractivity contribution in [3.8, 4) is 0 Å². The number of allylic oxidation sites excluding steroid dienone is 8. The number of aliphatic hydroxyl groups excluding tert-OH is 4. The van der Waals surface area contributed by atoms with Gasteiger partial charge in [0.25, 0.3) is 0 Å². The summed E-state index contributed by atoms with van der Waals surface area (Å²) < 4.78 is 22.1. The average molecular weight is 765 g/mol. The molecule has 54 heavy (non-hydrogen) atoms. The van der Waals surface area contributed by atoms with Gasteiger partial charge in [-0.25, -0.2) is 0 Å². The van der Waals surface area contributed by atoms with Crippen LogP contribution in [0.2, 0.25) is 0 Å². The van der Waals surface area contributed by atoms with E-state index < -0.39 is 55.4 Å². The fraction of sp³-hybridized carbons (Fsp3) is 0.773. The van der Waals surface area contributed by atoms with Gasteiger partial charge in [0.2, 0.25) is 0 Å². The van der Waals surface area contributed by atoms with Crippen LogP contribution in [0, 0.1) is 0 Å². The van der Waals surface area contributed by atoms with Gasteiger partial charge in [0, 0.05) is 12.8 Å². The minimum absolute atomic E-state index is 0.212. The highest BCUT2D eigenvalue weighted by atomic mass is 16.7. The first-order valence-corrected chi connectivity index (χ1v) is 21.2. The molecule has 0 aromatic carbocycles. The summed E-state index contributed by atoms with van der Waals surface area (Å²) in [7, 11) is 0. The summed E-state index contributed by atoms with van der Waals surface area (Å²) in [6, 6.07) is 0. The molecule has 1 fully saturated rings. The second-order valence-electron chi connectivity index (χ2n) is 14.4. The molecule has 10 heteroatoms. The molecule has 1 heterocycles. The third-order valence-corrected chi connectivity index (χ3v) is 9.42. The van der Waals surface area contributed by atoms with Gasteiger partial charge in [-0.1, -0.05) is 127 Å². The van der Waals surface area contributed by atoms with Crippen molar-refractivity contribution in [1.82, 2.24) is 0 Å². The van der Waals surface area contributed by atoms with Crippen LogP contribution >= 0.6 is 0 Å². The molecule has 4 N–H and O–H groups in total. The molecule has 1 aliphatic rings. The Hall–Kier alpha value is -2.34. The second kappa shape index (κ2) is 35.1. The maximum atomic E-state index is 12.7. The van der Waals surface area contributed by atoms with E-state index in [4.69, 9.17) is 18.9 Å². The number of aliphatic hydroxyl groups is 4. The normalized spacial score (nSPS) is 21.2. The number of ether oxygens (including phenoxy) is 4. The highest BCUT2D eigenvalue weighted by Crippen LogP contribution is 2.22. The molecule has 0 radical (unpaired) electrons. The quantitative estimate of drug-likeness (QED) is 0.0285. The van der Waals surface area contributed by atoms with Crippen LogP contribution < -0.4 is 0 Å². The summed E-state index contributed by atoms with van der Waals surface area (Å²) >= 11 is 0. The maximum Gasteiger partial charge on any atom is 0.306 e. The summed E-state index contributed by atoms with van der Waals surface area (Å²) in [6.07, 6.45) is 32.6. The molecular formula is C44H76O10. The average Bonchev–Trinajstić information content (AvgIpc) is 3.17. The van der Waals surface area contributed by atoms with Gasteiger partial charge in [0.05, 0.1) is 13.2 Å². The lowest BCUT2D eigenvalue weighted by atomic mass is 9.99. The number of hydrogen-bond donors (Lipinski definition) is 4. The molecule has 312 valence electrons. The zero-order chi connectivity index (χ0) is 39.5. The first kappa shape index (κ1) is 49.7. The predicted octanol–water partition coefficient (Wildman–Crippen LogP) is 8.49. The van der Waals surface area contributed by atoms with Gasteiger partial charge in [0.15, 0.2) is 12.4 Å². The predicted molar refractivity (Wildman–Crippen MR) is 215 cm³/mol. The van der Waals surface area contributed by atoms with E-state index in [0.717, 1.165) is 96.3 Å². The summed E-state index contributed by atoms with van der Waals surface area (Å²) in [5.41, 5.74) is 0. The summed E-state index contributed by atoms with van der Waals surface area (Å²) in [4.78, 5) is 25.2. The molecule has 0 aromatic heterocycles. The van der Waals surface area contributed by atoms with Crippen molar-refractivity contribution in [3.05, 3.63) is 48.6 Å². The molecule has 6 unspecified atom stereocenters. The van der Waals surface area contributed by atoms with E-state index in [0.29, 0.717) is 12.8 Å². The van der Waals surface area contributed by atoms with Crippen LogP contribution in [0.1, 0.15) is 162 Å². The molecule has 10 nitrogen and oxygen atoms in total. The maximum absolute atomic E-state index is 12.7. The summed E-state index contributed by atoms with van der Waals surface area (Å²) in [6.45, 7) is 3.29. The molecule has 1 aliphatic heterocycles. The fourth-order valence-corrected chi connectivity index (χ4v) is 6.02. The third kappa shape index (κ3) is 26.5. The molecule has 0 spiro atoms. The Balaban J connectivity index is 2.35. The Kier molecular flexibility index (Phi) is 32.3. The van der Waals surface area contributed by atoms with E-state index in [1.165, 1.54) is 25.7 Å². The highest BCUT2D eigenvalue weighted by Gasteiger charge is 2.44. The lowest BCUT2D eigenvalue weighted by Gasteiger charge is -2.39. The second-order valence-corrected chi connectivity index (χ2v) is 14.4. The van der Waals surface area contributed by atoms with Crippen LogP contribution in [0.3, 0.4) is 0 Å². The molecule has 6 atom stereocenters. The lowest BCUT2D eigenvalue weighted by molar-refractivity contribution is -0.305. The molecule has 0 aliphatic carbocycles. The van der Waals surface area contributed by atoms with Gasteiger partial charge >= 0.3 is 11.9 Å². The van der Waals surface area contributed by atoms with Gasteiger partial charge < -0.3 is 39.4 Å². The van der Waals surface area contributed by atoms with Crippen molar-refractivity contribution in [2.24, 2.45) is 0 Å². The molecule has 0 aromatic rings. The topological polar surface area (TPSA) is 152 Å². The minimum atomic E-state index is -1.60. The zero-order valence-electron chi connectivity index (χ0n) is 33.7. The van der Waals surface area contributed by atoms with E-state index in [1.807, 2.05) is 0 Å². The van der Waals surface area contributed by atoms with Crippen LogP contribution in [0.5, 0.6) is 0 Å². The van der Waals surface area contributed by atoms with E-state index in [1.54, 1.807) is 0 Å². The molecule has 0 saturated carbocycles. The Morgan fingerprint density at radius 1 is 0.574 bits per heavy atom. The van der Waals surface area contributed by atoms with Gasteiger partial charge in [-0.05, 0) is 70.6 Å². The zero-order valence-corrected chi connectivity index (χ0v) is 33.7. The van der Waals surface area contributed by atoms with Crippen molar-refractivity contribution in [2.75, 3.05) is 19.8 Å². The highest BCUT2D eigenvalue weighted by molar-refractivity contribution is 5.70. The van der Waals surface area contributed by atoms with E-state index in [2.05, 4.69) is 62.5 Å². The van der Waals surface area contributed by atoms with E-state index in [9.17, 15) is 30.0 Å². The van der Waals surface area contributed by atoms with Crippen LogP contribution in [-0.2, 0) is 28.5 Å². The number of hydrogen-bond acceptors (Lipinski definition) is 10. The molecule has 1 rings (SSSR count). The van der Waals surface area contributed by atoms with Crippen LogP contribution in [0.25, 0.3) is 0 Å². The Bertz CT molecular complexity index is 1020. The largest absolute Gasteiger partial charge is 0.462 e. The van der Waals surface area contributed by atoms with Crippen molar-refractivity contribution in [2.45, 2.75) is 198 Å². The lowest BCUT2D eigenvalue weighted by Crippen LogP contribution is -2.59. The smallest absolute Gasteiger partial charge is 0.306 e. The van der Waals surface area contributed by atoms with Crippen molar-refractivity contribution in [1.29, 1.82) is 0 Å². The van der Waals surface area contributed by atoms with Crippen molar-refractivity contribution < 1.29 is 49.0 Å². The number of unbranched alkanes of at least 4 members (excludes halogenated alkanes) is 15. The number of esters is 2. The monoisotopic (exact) mass is 765 g/mol. The van der Waals surface area contributed by atoms with Crippen LogP contribution in [0.15, 0.2) is 48.6 Å². The van der Waals surface area contributed by atoms with Crippen LogP contribution in [-0.4, -0.2) is 89.0 Å². The van der Waals surface area contributed by atoms with E-state index in [-0.39, 0.29) is 26.1 Å². The fourth-order valence-electron chi connectivity index (χ4n) is 6.02. The van der Waals surface area contributed by atoms with Gasteiger partial charge in [-0.15, -0.1) is 0 Å². The number of carbonyl (C=O) groups is 2. The number of rotatable bonds is 34. The van der Waals surface area contributed by atoms with Crippen molar-refractivity contribution in [3.63, 3.8) is 0 Å². The SMILES string of the molecule is CCC/C=C\CCCCCCCC(=O)OCC(COC1OC(CO)C(O)C(O)C1O)OC(=O)CCCCCCCC/C=C\C/C=C\C/C=C\CCCCC. The number of carbonyl (C=O) groups excluding carboxylic acids is 2. The molecule has 0 bridgehead atoms. The minimum Gasteiger partial charge on any atom is -0.462 e.